The molecule has 1 saturated heterocycles. The molecule has 2 heterocycles. The third-order valence-electron chi connectivity index (χ3n) is 3.44. The number of rotatable bonds is 3. The molecule has 1 aliphatic heterocycles. The van der Waals surface area contributed by atoms with Crippen LogP contribution in [0, 0.1) is 23.0 Å². The summed E-state index contributed by atoms with van der Waals surface area (Å²) in [5.74, 6) is 1.03. The SMILES string of the molecule is Cc1ccc([N+](=O)[O-])c(N2CCC(CN)CC2)n1. The Labute approximate surface area is 106 Å². The molecule has 6 heteroatoms. The minimum atomic E-state index is -0.364. The minimum absolute atomic E-state index is 0.0896. The van der Waals surface area contributed by atoms with Gasteiger partial charge >= 0.3 is 5.69 Å². The van der Waals surface area contributed by atoms with Crippen molar-refractivity contribution in [3.63, 3.8) is 0 Å². The van der Waals surface area contributed by atoms with Crippen molar-refractivity contribution in [2.45, 2.75) is 19.8 Å². The zero-order valence-electron chi connectivity index (χ0n) is 10.5. The van der Waals surface area contributed by atoms with Gasteiger partial charge in [0.1, 0.15) is 0 Å². The van der Waals surface area contributed by atoms with E-state index in [0.717, 1.165) is 31.6 Å². The molecular formula is C12H18N4O2. The zero-order valence-corrected chi connectivity index (χ0v) is 10.5. The number of hydrogen-bond donors (Lipinski definition) is 1. The van der Waals surface area contributed by atoms with E-state index in [1.807, 2.05) is 11.8 Å². The van der Waals surface area contributed by atoms with Crippen molar-refractivity contribution in [2.75, 3.05) is 24.5 Å². The van der Waals surface area contributed by atoms with Gasteiger partial charge in [-0.2, -0.15) is 0 Å². The second kappa shape index (κ2) is 5.30. The predicted molar refractivity (Wildman–Crippen MR) is 69.6 cm³/mol. The van der Waals surface area contributed by atoms with E-state index < -0.39 is 0 Å². The normalized spacial score (nSPS) is 16.9. The van der Waals surface area contributed by atoms with E-state index in [0.29, 0.717) is 18.3 Å². The van der Waals surface area contributed by atoms with Crippen LogP contribution in [0.4, 0.5) is 11.5 Å². The lowest BCUT2D eigenvalue weighted by molar-refractivity contribution is -0.384. The molecule has 0 amide bonds. The molecule has 1 aromatic rings. The third-order valence-corrected chi connectivity index (χ3v) is 3.44. The maximum Gasteiger partial charge on any atom is 0.311 e. The Bertz CT molecular complexity index is 442. The van der Waals surface area contributed by atoms with Gasteiger partial charge in [-0.15, -0.1) is 0 Å². The molecule has 1 aliphatic rings. The van der Waals surface area contributed by atoms with E-state index in [1.165, 1.54) is 6.07 Å². The smallest absolute Gasteiger partial charge is 0.311 e. The molecule has 1 fully saturated rings. The quantitative estimate of drug-likeness (QED) is 0.648. The Morgan fingerprint density at radius 2 is 2.17 bits per heavy atom. The fraction of sp³-hybridized carbons (Fsp3) is 0.583. The molecular weight excluding hydrogens is 232 g/mol. The van der Waals surface area contributed by atoms with Crippen molar-refractivity contribution in [2.24, 2.45) is 11.7 Å². The summed E-state index contributed by atoms with van der Waals surface area (Å²) >= 11 is 0. The maximum absolute atomic E-state index is 11.0. The van der Waals surface area contributed by atoms with Crippen LogP contribution in [0.5, 0.6) is 0 Å². The predicted octanol–water partition coefficient (Wildman–Crippen LogP) is 1.47. The van der Waals surface area contributed by atoms with Crippen LogP contribution in [-0.2, 0) is 0 Å². The van der Waals surface area contributed by atoms with Crippen LogP contribution in [0.3, 0.4) is 0 Å². The van der Waals surface area contributed by atoms with Crippen LogP contribution in [0.2, 0.25) is 0 Å². The highest BCUT2D eigenvalue weighted by molar-refractivity contribution is 5.58. The van der Waals surface area contributed by atoms with Crippen molar-refractivity contribution < 1.29 is 4.92 Å². The van der Waals surface area contributed by atoms with Gasteiger partial charge in [0.25, 0.3) is 0 Å². The lowest BCUT2D eigenvalue weighted by atomic mass is 9.97. The second-order valence-electron chi connectivity index (χ2n) is 4.72. The fourth-order valence-corrected chi connectivity index (χ4v) is 2.29. The molecule has 18 heavy (non-hydrogen) atoms. The first kappa shape index (κ1) is 12.8. The van der Waals surface area contributed by atoms with Gasteiger partial charge in [-0.05, 0) is 38.3 Å². The average molecular weight is 250 g/mol. The molecule has 0 radical (unpaired) electrons. The van der Waals surface area contributed by atoms with Crippen LogP contribution < -0.4 is 10.6 Å². The highest BCUT2D eigenvalue weighted by Crippen LogP contribution is 2.29. The Morgan fingerprint density at radius 3 is 2.72 bits per heavy atom. The first-order valence-corrected chi connectivity index (χ1v) is 6.19. The maximum atomic E-state index is 11.0. The molecule has 2 rings (SSSR count). The molecule has 0 atom stereocenters. The van der Waals surface area contributed by atoms with Gasteiger partial charge in [-0.1, -0.05) is 0 Å². The molecule has 0 aliphatic carbocycles. The van der Waals surface area contributed by atoms with Gasteiger partial charge < -0.3 is 10.6 Å². The number of anilines is 1. The van der Waals surface area contributed by atoms with Gasteiger partial charge in [-0.25, -0.2) is 4.98 Å². The molecule has 6 nitrogen and oxygen atoms in total. The van der Waals surface area contributed by atoms with Gasteiger partial charge in [0.15, 0.2) is 0 Å². The van der Waals surface area contributed by atoms with Crippen LogP contribution in [0.1, 0.15) is 18.5 Å². The topological polar surface area (TPSA) is 85.3 Å². The van der Waals surface area contributed by atoms with Crippen LogP contribution in [0.25, 0.3) is 0 Å². The Morgan fingerprint density at radius 1 is 1.50 bits per heavy atom. The van der Waals surface area contributed by atoms with Crippen molar-refractivity contribution in [3.8, 4) is 0 Å². The van der Waals surface area contributed by atoms with Crippen LogP contribution in [-0.4, -0.2) is 29.5 Å². The first-order chi connectivity index (χ1) is 8.61. The number of hydrogen-bond acceptors (Lipinski definition) is 5. The van der Waals surface area contributed by atoms with Gasteiger partial charge in [0.05, 0.1) is 4.92 Å². The van der Waals surface area contributed by atoms with E-state index in [-0.39, 0.29) is 10.6 Å². The summed E-state index contributed by atoms with van der Waals surface area (Å²) in [6.07, 6.45) is 1.95. The van der Waals surface area contributed by atoms with E-state index in [1.54, 1.807) is 6.07 Å². The van der Waals surface area contributed by atoms with Crippen LogP contribution >= 0.6 is 0 Å². The Kier molecular flexibility index (Phi) is 3.76. The summed E-state index contributed by atoms with van der Waals surface area (Å²) in [6.45, 7) is 4.12. The lowest BCUT2D eigenvalue weighted by Crippen LogP contribution is -2.37. The van der Waals surface area contributed by atoms with E-state index in [2.05, 4.69) is 4.98 Å². The monoisotopic (exact) mass is 250 g/mol. The van der Waals surface area contributed by atoms with E-state index in [4.69, 9.17) is 5.73 Å². The highest BCUT2D eigenvalue weighted by Gasteiger charge is 2.25. The number of aromatic nitrogens is 1. The lowest BCUT2D eigenvalue weighted by Gasteiger charge is -2.31. The number of piperidine rings is 1. The summed E-state index contributed by atoms with van der Waals surface area (Å²) in [5, 5.41) is 11.0. The fourth-order valence-electron chi connectivity index (χ4n) is 2.29. The first-order valence-electron chi connectivity index (χ1n) is 6.19. The number of aryl methyl sites for hydroxylation is 1. The van der Waals surface area contributed by atoms with Crippen molar-refractivity contribution in [1.82, 2.24) is 4.98 Å². The Hall–Kier alpha value is -1.69. The molecule has 0 spiro atoms. The largest absolute Gasteiger partial charge is 0.351 e. The number of nitro groups is 1. The molecule has 98 valence electrons. The molecule has 0 unspecified atom stereocenters. The number of nitrogens with two attached hydrogens (primary N) is 1. The number of pyridine rings is 1. The van der Waals surface area contributed by atoms with Gasteiger partial charge in [0, 0.05) is 24.8 Å². The van der Waals surface area contributed by atoms with Crippen molar-refractivity contribution in [1.29, 1.82) is 0 Å². The summed E-state index contributed by atoms with van der Waals surface area (Å²) in [4.78, 5) is 17.0. The molecule has 0 aromatic carbocycles. The standard InChI is InChI=1S/C12H18N4O2/c1-9-2-3-11(16(17)18)12(14-9)15-6-4-10(8-13)5-7-15/h2-3,10H,4-8,13H2,1H3. The van der Waals surface area contributed by atoms with Crippen molar-refractivity contribution in [3.05, 3.63) is 27.9 Å². The zero-order chi connectivity index (χ0) is 13.1. The molecule has 0 bridgehead atoms. The van der Waals surface area contributed by atoms with Crippen molar-refractivity contribution >= 4 is 11.5 Å². The van der Waals surface area contributed by atoms with Gasteiger partial charge in [-0.3, -0.25) is 10.1 Å². The average Bonchev–Trinajstić information content (AvgIpc) is 2.38. The molecule has 2 N–H and O–H groups in total. The van der Waals surface area contributed by atoms with Gasteiger partial charge in [0.2, 0.25) is 5.82 Å². The summed E-state index contributed by atoms with van der Waals surface area (Å²) in [7, 11) is 0. The molecule has 1 aromatic heterocycles. The summed E-state index contributed by atoms with van der Waals surface area (Å²) in [6, 6.07) is 3.21. The van der Waals surface area contributed by atoms with E-state index >= 15 is 0 Å². The summed E-state index contributed by atoms with van der Waals surface area (Å²) < 4.78 is 0. The summed E-state index contributed by atoms with van der Waals surface area (Å²) in [5.41, 5.74) is 6.54. The second-order valence-corrected chi connectivity index (χ2v) is 4.72. The van der Waals surface area contributed by atoms with E-state index in [9.17, 15) is 10.1 Å². The minimum Gasteiger partial charge on any atom is -0.351 e. The Balaban J connectivity index is 2.22. The molecule has 0 saturated carbocycles. The highest BCUT2D eigenvalue weighted by atomic mass is 16.6. The number of nitrogens with zero attached hydrogens (tertiary/aromatic N) is 3. The van der Waals surface area contributed by atoms with Crippen LogP contribution in [0.15, 0.2) is 12.1 Å². The third kappa shape index (κ3) is 2.59.